The Labute approximate surface area is 140 Å². The molecule has 23 heavy (non-hydrogen) atoms. The first-order valence-electron chi connectivity index (χ1n) is 7.17. The van der Waals surface area contributed by atoms with Crippen molar-refractivity contribution in [1.82, 2.24) is 0 Å². The second-order valence-corrected chi connectivity index (χ2v) is 5.79. The lowest BCUT2D eigenvalue weighted by atomic mass is 10.1. The maximum Gasteiger partial charge on any atom is 0.262 e. The summed E-state index contributed by atoms with van der Waals surface area (Å²) in [4.78, 5) is 23.6. The van der Waals surface area contributed by atoms with Crippen LogP contribution >= 0.6 is 11.6 Å². The number of benzene rings is 2. The average molecular weight is 332 g/mol. The van der Waals surface area contributed by atoms with Crippen LogP contribution < -0.4 is 10.1 Å². The fraction of sp³-hybridized carbons (Fsp3) is 0.222. The van der Waals surface area contributed by atoms with Gasteiger partial charge in [-0.1, -0.05) is 29.3 Å². The highest BCUT2D eigenvalue weighted by Crippen LogP contribution is 2.23. The number of rotatable bonds is 5. The number of anilines is 1. The molecule has 0 fully saturated rings. The molecule has 2 aromatic carbocycles. The second kappa shape index (κ2) is 7.29. The standard InChI is InChI=1S/C18H18ClNO3/c1-11-4-6-16(12(2)8-11)20-18(22)10-23-17-7-5-14(19)9-15(17)13(3)21/h4-9H,10H2,1-3H3,(H,20,22). The molecule has 0 saturated carbocycles. The van der Waals surface area contributed by atoms with Crippen molar-refractivity contribution < 1.29 is 14.3 Å². The normalized spacial score (nSPS) is 10.3. The van der Waals surface area contributed by atoms with Gasteiger partial charge in [0.25, 0.3) is 5.91 Å². The van der Waals surface area contributed by atoms with Crippen LogP contribution in [-0.2, 0) is 4.79 Å². The second-order valence-electron chi connectivity index (χ2n) is 5.35. The lowest BCUT2D eigenvalue weighted by Gasteiger charge is -2.12. The van der Waals surface area contributed by atoms with E-state index in [1.54, 1.807) is 12.1 Å². The van der Waals surface area contributed by atoms with Gasteiger partial charge in [-0.25, -0.2) is 0 Å². The fourth-order valence-electron chi connectivity index (χ4n) is 2.19. The summed E-state index contributed by atoms with van der Waals surface area (Å²) in [5, 5.41) is 3.24. The van der Waals surface area contributed by atoms with E-state index in [1.807, 2.05) is 32.0 Å². The third kappa shape index (κ3) is 4.57. The van der Waals surface area contributed by atoms with E-state index in [9.17, 15) is 9.59 Å². The summed E-state index contributed by atoms with van der Waals surface area (Å²) in [5.41, 5.74) is 3.21. The number of hydrogen-bond acceptors (Lipinski definition) is 3. The number of Topliss-reactive ketones (excluding diaryl/α,β-unsaturated/α-hetero) is 1. The molecule has 0 aromatic heterocycles. The molecule has 0 spiro atoms. The lowest BCUT2D eigenvalue weighted by Crippen LogP contribution is -2.21. The smallest absolute Gasteiger partial charge is 0.262 e. The van der Waals surface area contributed by atoms with Crippen LogP contribution in [-0.4, -0.2) is 18.3 Å². The van der Waals surface area contributed by atoms with Crippen LogP contribution in [0.1, 0.15) is 28.4 Å². The molecule has 1 amide bonds. The van der Waals surface area contributed by atoms with Gasteiger partial charge in [-0.05, 0) is 50.6 Å². The summed E-state index contributed by atoms with van der Waals surface area (Å²) < 4.78 is 5.46. The average Bonchev–Trinajstić information content (AvgIpc) is 2.48. The van der Waals surface area contributed by atoms with Gasteiger partial charge in [0.2, 0.25) is 0 Å². The van der Waals surface area contributed by atoms with Gasteiger partial charge in [0, 0.05) is 10.7 Å². The number of amides is 1. The summed E-state index contributed by atoms with van der Waals surface area (Å²) in [6, 6.07) is 10.5. The Kier molecular flexibility index (Phi) is 5.40. The Morgan fingerprint density at radius 3 is 2.52 bits per heavy atom. The molecule has 4 nitrogen and oxygen atoms in total. The Bertz CT molecular complexity index is 756. The first-order valence-corrected chi connectivity index (χ1v) is 7.55. The van der Waals surface area contributed by atoms with Crippen molar-refractivity contribution in [2.24, 2.45) is 0 Å². The van der Waals surface area contributed by atoms with E-state index in [1.165, 1.54) is 13.0 Å². The molecule has 0 saturated heterocycles. The van der Waals surface area contributed by atoms with Gasteiger partial charge in [0.15, 0.2) is 12.4 Å². The van der Waals surface area contributed by atoms with Crippen molar-refractivity contribution in [2.45, 2.75) is 20.8 Å². The van der Waals surface area contributed by atoms with Crippen molar-refractivity contribution in [3.63, 3.8) is 0 Å². The van der Waals surface area contributed by atoms with E-state index in [0.29, 0.717) is 16.3 Å². The van der Waals surface area contributed by atoms with Crippen LogP contribution in [0.25, 0.3) is 0 Å². The third-order valence-corrected chi connectivity index (χ3v) is 3.57. The SMILES string of the molecule is CC(=O)c1cc(Cl)ccc1OCC(=O)Nc1ccc(C)cc1C. The number of halogens is 1. The topological polar surface area (TPSA) is 55.4 Å². The quantitative estimate of drug-likeness (QED) is 0.836. The van der Waals surface area contributed by atoms with Gasteiger partial charge in [0.05, 0.1) is 5.56 Å². The molecule has 0 aliphatic heterocycles. The minimum absolute atomic E-state index is 0.169. The summed E-state index contributed by atoms with van der Waals surface area (Å²) in [5.74, 6) is -0.114. The maximum absolute atomic E-state index is 12.0. The van der Waals surface area contributed by atoms with E-state index in [2.05, 4.69) is 5.32 Å². The molecule has 0 heterocycles. The Morgan fingerprint density at radius 2 is 1.87 bits per heavy atom. The molecule has 2 aromatic rings. The van der Waals surface area contributed by atoms with E-state index in [0.717, 1.165) is 16.8 Å². The number of ether oxygens (including phenoxy) is 1. The monoisotopic (exact) mass is 331 g/mol. The van der Waals surface area contributed by atoms with Crippen LogP contribution in [0.5, 0.6) is 5.75 Å². The molecule has 0 aliphatic carbocycles. The molecular weight excluding hydrogens is 314 g/mol. The van der Waals surface area contributed by atoms with Crippen LogP contribution in [0.15, 0.2) is 36.4 Å². The Balaban J connectivity index is 2.03. The molecule has 2 rings (SSSR count). The summed E-state index contributed by atoms with van der Waals surface area (Å²) in [6.45, 7) is 5.16. The van der Waals surface area contributed by atoms with Gasteiger partial charge >= 0.3 is 0 Å². The van der Waals surface area contributed by atoms with Crippen molar-refractivity contribution in [2.75, 3.05) is 11.9 Å². The minimum atomic E-state index is -0.290. The van der Waals surface area contributed by atoms with E-state index in [-0.39, 0.29) is 18.3 Å². The molecule has 5 heteroatoms. The minimum Gasteiger partial charge on any atom is -0.483 e. The summed E-state index contributed by atoms with van der Waals surface area (Å²) in [6.07, 6.45) is 0. The lowest BCUT2D eigenvalue weighted by molar-refractivity contribution is -0.118. The number of aryl methyl sites for hydroxylation is 2. The molecule has 0 aliphatic rings. The number of nitrogens with one attached hydrogen (secondary N) is 1. The van der Waals surface area contributed by atoms with Crippen LogP contribution in [0.2, 0.25) is 5.02 Å². The number of ketones is 1. The van der Waals surface area contributed by atoms with E-state index < -0.39 is 0 Å². The van der Waals surface area contributed by atoms with Gasteiger partial charge < -0.3 is 10.1 Å². The molecule has 0 radical (unpaired) electrons. The van der Waals surface area contributed by atoms with E-state index >= 15 is 0 Å². The third-order valence-electron chi connectivity index (χ3n) is 3.34. The number of carbonyl (C=O) groups is 2. The van der Waals surface area contributed by atoms with Gasteiger partial charge in [-0.3, -0.25) is 9.59 Å². The zero-order valence-corrected chi connectivity index (χ0v) is 14.0. The Morgan fingerprint density at radius 1 is 1.13 bits per heavy atom. The largest absolute Gasteiger partial charge is 0.483 e. The highest BCUT2D eigenvalue weighted by Gasteiger charge is 2.12. The summed E-state index contributed by atoms with van der Waals surface area (Å²) in [7, 11) is 0. The van der Waals surface area contributed by atoms with Crippen LogP contribution in [0.4, 0.5) is 5.69 Å². The fourth-order valence-corrected chi connectivity index (χ4v) is 2.36. The molecule has 0 atom stereocenters. The predicted molar refractivity (Wildman–Crippen MR) is 91.5 cm³/mol. The first kappa shape index (κ1) is 17.0. The number of carbonyl (C=O) groups excluding carboxylic acids is 2. The van der Waals surface area contributed by atoms with E-state index in [4.69, 9.17) is 16.3 Å². The highest BCUT2D eigenvalue weighted by molar-refractivity contribution is 6.31. The van der Waals surface area contributed by atoms with Crippen molar-refractivity contribution in [1.29, 1.82) is 0 Å². The summed E-state index contributed by atoms with van der Waals surface area (Å²) >= 11 is 5.87. The molecule has 0 bridgehead atoms. The molecule has 120 valence electrons. The molecule has 0 unspecified atom stereocenters. The van der Waals surface area contributed by atoms with Gasteiger partial charge in [-0.15, -0.1) is 0 Å². The van der Waals surface area contributed by atoms with Gasteiger partial charge in [-0.2, -0.15) is 0 Å². The predicted octanol–water partition coefficient (Wildman–Crippen LogP) is 4.18. The zero-order valence-electron chi connectivity index (χ0n) is 13.3. The van der Waals surface area contributed by atoms with Gasteiger partial charge in [0.1, 0.15) is 5.75 Å². The van der Waals surface area contributed by atoms with Crippen molar-refractivity contribution in [3.05, 3.63) is 58.1 Å². The highest BCUT2D eigenvalue weighted by atomic mass is 35.5. The molecular formula is C18H18ClNO3. The number of hydrogen-bond donors (Lipinski definition) is 1. The zero-order chi connectivity index (χ0) is 17.0. The van der Waals surface area contributed by atoms with Crippen molar-refractivity contribution >= 4 is 29.0 Å². The van der Waals surface area contributed by atoms with Crippen LogP contribution in [0, 0.1) is 13.8 Å². The maximum atomic E-state index is 12.0. The van der Waals surface area contributed by atoms with Crippen LogP contribution in [0.3, 0.4) is 0 Å². The Hall–Kier alpha value is -2.33. The van der Waals surface area contributed by atoms with Crippen molar-refractivity contribution in [3.8, 4) is 5.75 Å². The molecule has 1 N–H and O–H groups in total. The first-order chi connectivity index (χ1) is 10.9.